The van der Waals surface area contributed by atoms with Gasteiger partial charge in [0.1, 0.15) is 0 Å². The van der Waals surface area contributed by atoms with E-state index in [1.807, 2.05) is 53.2 Å². The lowest BCUT2D eigenvalue weighted by Crippen LogP contribution is -2.39. The van der Waals surface area contributed by atoms with Crippen LogP contribution in [0.5, 0.6) is 0 Å². The molecule has 2 N–H and O–H groups in total. The van der Waals surface area contributed by atoms with Crippen molar-refractivity contribution < 1.29 is 4.74 Å². The Hall–Kier alpha value is -2.70. The van der Waals surface area contributed by atoms with Gasteiger partial charge in [-0.15, -0.1) is 0 Å². The molecule has 1 aromatic heterocycles. The molecule has 1 unspecified atom stereocenters. The third kappa shape index (κ3) is 4.58. The molecule has 144 valence electrons. The van der Waals surface area contributed by atoms with Gasteiger partial charge < -0.3 is 15.4 Å². The van der Waals surface area contributed by atoms with E-state index >= 15 is 0 Å². The molecule has 0 saturated carbocycles. The first-order valence-electron chi connectivity index (χ1n) is 9.62. The van der Waals surface area contributed by atoms with Crippen LogP contribution in [0.25, 0.3) is 16.9 Å². The van der Waals surface area contributed by atoms with Crippen molar-refractivity contribution in [2.24, 2.45) is 0 Å². The zero-order chi connectivity index (χ0) is 19.2. The lowest BCUT2D eigenvalue weighted by atomic mass is 10.1. The Morgan fingerprint density at radius 1 is 1.07 bits per heavy atom. The Kier molecular flexibility index (Phi) is 5.99. The zero-order valence-electron chi connectivity index (χ0n) is 15.7. The van der Waals surface area contributed by atoms with Crippen LogP contribution >= 0.6 is 12.2 Å². The summed E-state index contributed by atoms with van der Waals surface area (Å²) in [4.78, 5) is 0. The van der Waals surface area contributed by atoms with Gasteiger partial charge >= 0.3 is 0 Å². The van der Waals surface area contributed by atoms with Crippen LogP contribution in [0.2, 0.25) is 0 Å². The molecule has 1 saturated heterocycles. The average molecular weight is 393 g/mol. The van der Waals surface area contributed by atoms with E-state index in [2.05, 4.69) is 29.0 Å². The van der Waals surface area contributed by atoms with Gasteiger partial charge in [0.15, 0.2) is 5.11 Å². The Labute approximate surface area is 170 Å². The minimum absolute atomic E-state index is 0.264. The highest BCUT2D eigenvalue weighted by Crippen LogP contribution is 2.23. The summed E-state index contributed by atoms with van der Waals surface area (Å²) < 4.78 is 7.55. The van der Waals surface area contributed by atoms with Crippen molar-refractivity contribution in [2.45, 2.75) is 25.5 Å². The highest BCUT2D eigenvalue weighted by Gasteiger charge is 2.16. The Morgan fingerprint density at radius 2 is 1.82 bits per heavy atom. The van der Waals surface area contributed by atoms with Crippen LogP contribution in [0, 0.1) is 0 Å². The fourth-order valence-electron chi connectivity index (χ4n) is 3.34. The predicted molar refractivity (Wildman–Crippen MR) is 115 cm³/mol. The lowest BCUT2D eigenvalue weighted by Gasteiger charge is -2.14. The average Bonchev–Trinajstić information content (AvgIpc) is 3.42. The molecule has 6 heteroatoms. The van der Waals surface area contributed by atoms with Crippen molar-refractivity contribution >= 4 is 17.3 Å². The molecule has 4 rings (SSSR count). The van der Waals surface area contributed by atoms with Crippen molar-refractivity contribution in [1.82, 2.24) is 20.4 Å². The van der Waals surface area contributed by atoms with Crippen LogP contribution in [0.1, 0.15) is 18.4 Å². The standard InChI is InChI=1S/C22H24N4OS/c28-22(24-15-20-12-7-13-27-20)23-14-18-16-26(19-10-5-2-6-11-19)25-21(18)17-8-3-1-4-9-17/h1-6,8-11,16,20H,7,12-15H2,(H2,23,24,28). The predicted octanol–water partition coefficient (Wildman–Crippen LogP) is 3.68. The van der Waals surface area contributed by atoms with E-state index in [1.54, 1.807) is 0 Å². The number of para-hydroxylation sites is 1. The van der Waals surface area contributed by atoms with Crippen LogP contribution < -0.4 is 10.6 Å². The van der Waals surface area contributed by atoms with Gasteiger partial charge in [-0.3, -0.25) is 0 Å². The van der Waals surface area contributed by atoms with E-state index < -0.39 is 0 Å². The van der Waals surface area contributed by atoms with E-state index in [4.69, 9.17) is 22.1 Å². The summed E-state index contributed by atoms with van der Waals surface area (Å²) in [6, 6.07) is 20.4. The molecule has 1 aliphatic rings. The van der Waals surface area contributed by atoms with E-state index in [0.717, 1.165) is 48.5 Å². The van der Waals surface area contributed by atoms with Crippen LogP contribution in [0.15, 0.2) is 66.9 Å². The smallest absolute Gasteiger partial charge is 0.166 e. The molecule has 2 heterocycles. The largest absolute Gasteiger partial charge is 0.376 e. The molecule has 2 aromatic carbocycles. The van der Waals surface area contributed by atoms with E-state index in [9.17, 15) is 0 Å². The second-order valence-electron chi connectivity index (χ2n) is 6.85. The van der Waals surface area contributed by atoms with E-state index in [0.29, 0.717) is 11.7 Å². The quantitative estimate of drug-likeness (QED) is 0.627. The van der Waals surface area contributed by atoms with Crippen LogP contribution in [0.3, 0.4) is 0 Å². The monoisotopic (exact) mass is 392 g/mol. The molecule has 0 bridgehead atoms. The van der Waals surface area contributed by atoms with Gasteiger partial charge in [0.05, 0.1) is 17.5 Å². The molecule has 0 amide bonds. The molecule has 0 radical (unpaired) electrons. The summed E-state index contributed by atoms with van der Waals surface area (Å²) in [6.45, 7) is 2.21. The maximum Gasteiger partial charge on any atom is 0.166 e. The number of aromatic nitrogens is 2. The van der Waals surface area contributed by atoms with E-state index in [1.165, 1.54) is 0 Å². The summed E-state index contributed by atoms with van der Waals surface area (Å²) in [6.07, 6.45) is 4.55. The molecule has 1 atom stereocenters. The summed E-state index contributed by atoms with van der Waals surface area (Å²) in [7, 11) is 0. The first-order valence-corrected chi connectivity index (χ1v) is 10.0. The van der Waals surface area contributed by atoms with Crippen LogP contribution in [0.4, 0.5) is 0 Å². The molecular weight excluding hydrogens is 368 g/mol. The van der Waals surface area contributed by atoms with Crippen molar-refractivity contribution in [2.75, 3.05) is 13.2 Å². The summed E-state index contributed by atoms with van der Waals surface area (Å²) in [5, 5.41) is 12.0. The maximum absolute atomic E-state index is 5.63. The first-order chi connectivity index (χ1) is 13.8. The number of nitrogens with one attached hydrogen (secondary N) is 2. The highest BCUT2D eigenvalue weighted by atomic mass is 32.1. The van der Waals surface area contributed by atoms with Crippen molar-refractivity contribution in [3.05, 3.63) is 72.4 Å². The number of thiocarbonyl (C=S) groups is 1. The molecule has 0 aliphatic carbocycles. The number of nitrogens with zero attached hydrogens (tertiary/aromatic N) is 2. The molecular formula is C22H24N4OS. The van der Waals surface area contributed by atoms with Gasteiger partial charge in [-0.1, -0.05) is 48.5 Å². The first kappa shape index (κ1) is 18.7. The molecule has 3 aromatic rings. The highest BCUT2D eigenvalue weighted by molar-refractivity contribution is 7.80. The fourth-order valence-corrected chi connectivity index (χ4v) is 3.50. The topological polar surface area (TPSA) is 51.1 Å². The van der Waals surface area contributed by atoms with Gasteiger partial charge in [-0.05, 0) is 37.2 Å². The van der Waals surface area contributed by atoms with Crippen molar-refractivity contribution in [3.8, 4) is 16.9 Å². The van der Waals surface area contributed by atoms with Crippen molar-refractivity contribution in [3.63, 3.8) is 0 Å². The Balaban J connectivity index is 1.48. The molecule has 1 fully saturated rings. The second-order valence-corrected chi connectivity index (χ2v) is 7.26. The second kappa shape index (κ2) is 8.99. The van der Waals surface area contributed by atoms with Gasteiger partial charge in [0, 0.05) is 37.0 Å². The van der Waals surface area contributed by atoms with Crippen LogP contribution in [-0.2, 0) is 11.3 Å². The van der Waals surface area contributed by atoms with E-state index in [-0.39, 0.29) is 6.10 Å². The molecule has 0 spiro atoms. The van der Waals surface area contributed by atoms with Crippen LogP contribution in [-0.4, -0.2) is 34.1 Å². The minimum Gasteiger partial charge on any atom is -0.376 e. The lowest BCUT2D eigenvalue weighted by molar-refractivity contribution is 0.114. The minimum atomic E-state index is 0.264. The fraction of sp³-hybridized carbons (Fsp3) is 0.273. The summed E-state index contributed by atoms with van der Waals surface area (Å²) in [5.41, 5.74) is 4.17. The van der Waals surface area contributed by atoms with Gasteiger partial charge in [0.25, 0.3) is 0 Å². The van der Waals surface area contributed by atoms with Gasteiger partial charge in [-0.2, -0.15) is 5.10 Å². The normalized spacial score (nSPS) is 16.1. The third-order valence-electron chi connectivity index (χ3n) is 4.81. The molecule has 28 heavy (non-hydrogen) atoms. The number of ether oxygens (including phenoxy) is 1. The molecule has 1 aliphatic heterocycles. The van der Waals surface area contributed by atoms with Gasteiger partial charge in [-0.25, -0.2) is 4.68 Å². The number of hydrogen-bond donors (Lipinski definition) is 2. The zero-order valence-corrected chi connectivity index (χ0v) is 16.5. The number of hydrogen-bond acceptors (Lipinski definition) is 3. The maximum atomic E-state index is 5.63. The number of rotatable bonds is 6. The SMILES string of the molecule is S=C(NCc1cn(-c2ccccc2)nc1-c1ccccc1)NCC1CCCO1. The Bertz CT molecular complexity index is 905. The molecule has 5 nitrogen and oxygen atoms in total. The van der Waals surface area contributed by atoms with Crippen molar-refractivity contribution in [1.29, 1.82) is 0 Å². The number of benzene rings is 2. The summed E-state index contributed by atoms with van der Waals surface area (Å²) >= 11 is 5.44. The summed E-state index contributed by atoms with van der Waals surface area (Å²) in [5.74, 6) is 0. The van der Waals surface area contributed by atoms with Gasteiger partial charge in [0.2, 0.25) is 0 Å². The Morgan fingerprint density at radius 3 is 2.54 bits per heavy atom. The third-order valence-corrected chi connectivity index (χ3v) is 5.10.